The van der Waals surface area contributed by atoms with Crippen LogP contribution in [0.1, 0.15) is 28.7 Å². The van der Waals surface area contributed by atoms with Gasteiger partial charge in [0, 0.05) is 34.5 Å². The van der Waals surface area contributed by atoms with E-state index in [4.69, 9.17) is 26.8 Å². The van der Waals surface area contributed by atoms with Gasteiger partial charge in [-0.15, -0.1) is 0 Å². The van der Waals surface area contributed by atoms with Gasteiger partial charge in [0.25, 0.3) is 0 Å². The Bertz CT molecular complexity index is 701. The van der Waals surface area contributed by atoms with Crippen molar-refractivity contribution in [3.05, 3.63) is 58.1 Å². The lowest BCUT2D eigenvalue weighted by Gasteiger charge is -2.21. The normalized spacial score (nSPS) is 20.4. The van der Waals surface area contributed by atoms with Crippen LogP contribution in [0.3, 0.4) is 0 Å². The van der Waals surface area contributed by atoms with Crippen LogP contribution < -0.4 is 15.2 Å². The number of para-hydroxylation sites is 1. The molecule has 0 saturated carbocycles. The molecule has 21 heavy (non-hydrogen) atoms. The maximum absolute atomic E-state index is 6.54. The minimum Gasteiger partial charge on any atom is -0.493 e. The second-order valence-corrected chi connectivity index (χ2v) is 6.00. The zero-order valence-corrected chi connectivity index (χ0v) is 12.3. The third kappa shape index (κ3) is 2.08. The topological polar surface area (TPSA) is 44.5 Å². The zero-order chi connectivity index (χ0) is 14.4. The molecule has 0 radical (unpaired) electrons. The van der Waals surface area contributed by atoms with Crippen LogP contribution in [0.2, 0.25) is 5.02 Å². The van der Waals surface area contributed by atoms with Gasteiger partial charge in [0.15, 0.2) is 0 Å². The van der Waals surface area contributed by atoms with Crippen LogP contribution in [0.4, 0.5) is 0 Å². The van der Waals surface area contributed by atoms with Gasteiger partial charge in [-0.05, 0) is 23.8 Å². The van der Waals surface area contributed by atoms with E-state index in [2.05, 4.69) is 6.07 Å². The molecule has 0 aliphatic carbocycles. The Kier molecular flexibility index (Phi) is 3.05. The Labute approximate surface area is 128 Å². The molecule has 2 aromatic rings. The molecule has 0 spiro atoms. The summed E-state index contributed by atoms with van der Waals surface area (Å²) >= 11 is 6.24. The second-order valence-electron chi connectivity index (χ2n) is 5.56. The molecule has 0 fully saturated rings. The molecule has 4 rings (SSSR count). The molecule has 0 amide bonds. The van der Waals surface area contributed by atoms with Crippen LogP contribution in [0.15, 0.2) is 36.4 Å². The number of hydrogen-bond donors (Lipinski definition) is 1. The summed E-state index contributed by atoms with van der Waals surface area (Å²) in [7, 11) is 0. The van der Waals surface area contributed by atoms with Crippen molar-refractivity contribution in [1.29, 1.82) is 0 Å². The molecule has 0 aromatic heterocycles. The quantitative estimate of drug-likeness (QED) is 0.924. The van der Waals surface area contributed by atoms with Crippen molar-refractivity contribution in [1.82, 2.24) is 0 Å². The van der Waals surface area contributed by atoms with E-state index in [9.17, 15) is 0 Å². The van der Waals surface area contributed by atoms with E-state index in [0.29, 0.717) is 13.2 Å². The molecule has 0 saturated heterocycles. The minimum absolute atomic E-state index is 0.132. The van der Waals surface area contributed by atoms with E-state index in [1.54, 1.807) is 0 Å². The van der Waals surface area contributed by atoms with E-state index < -0.39 is 0 Å². The van der Waals surface area contributed by atoms with E-state index in [-0.39, 0.29) is 12.0 Å². The molecule has 108 valence electrons. The summed E-state index contributed by atoms with van der Waals surface area (Å²) in [6, 6.07) is 11.8. The second kappa shape index (κ2) is 4.93. The van der Waals surface area contributed by atoms with E-state index >= 15 is 0 Å². The molecule has 2 heterocycles. The van der Waals surface area contributed by atoms with Gasteiger partial charge in [0.2, 0.25) is 0 Å². The fourth-order valence-corrected chi connectivity index (χ4v) is 3.50. The molecule has 2 aliphatic rings. The average molecular weight is 302 g/mol. The first kappa shape index (κ1) is 13.0. The van der Waals surface area contributed by atoms with Crippen molar-refractivity contribution in [2.24, 2.45) is 5.73 Å². The first-order valence-corrected chi connectivity index (χ1v) is 7.54. The third-order valence-electron chi connectivity index (χ3n) is 4.31. The summed E-state index contributed by atoms with van der Waals surface area (Å²) in [6.07, 6.45) is 0.896. The predicted octanol–water partition coefficient (Wildman–Crippen LogP) is 3.45. The minimum atomic E-state index is -0.181. The highest BCUT2D eigenvalue weighted by molar-refractivity contribution is 6.30. The highest BCUT2D eigenvalue weighted by Crippen LogP contribution is 2.44. The summed E-state index contributed by atoms with van der Waals surface area (Å²) in [5, 5.41) is 0.719. The highest BCUT2D eigenvalue weighted by atomic mass is 35.5. The maximum Gasteiger partial charge on any atom is 0.127 e. The average Bonchev–Trinajstić information content (AvgIpc) is 3.11. The van der Waals surface area contributed by atoms with Crippen LogP contribution in [0, 0.1) is 0 Å². The van der Waals surface area contributed by atoms with Gasteiger partial charge in [-0.2, -0.15) is 0 Å². The Hall–Kier alpha value is -1.71. The fourth-order valence-electron chi connectivity index (χ4n) is 3.25. The van der Waals surface area contributed by atoms with Gasteiger partial charge in [-0.25, -0.2) is 0 Å². The number of rotatable bonds is 2. The SMILES string of the molecule is NC(c1cc(Cl)cc2c1OCC2)C1COc2ccccc21. The summed E-state index contributed by atoms with van der Waals surface area (Å²) in [5.41, 5.74) is 9.84. The summed E-state index contributed by atoms with van der Waals surface area (Å²) in [4.78, 5) is 0. The number of hydrogen-bond acceptors (Lipinski definition) is 3. The Morgan fingerprint density at radius 1 is 1.19 bits per heavy atom. The van der Waals surface area contributed by atoms with Crippen LogP contribution in [0.25, 0.3) is 0 Å². The van der Waals surface area contributed by atoms with Crippen molar-refractivity contribution >= 4 is 11.6 Å². The lowest BCUT2D eigenvalue weighted by Crippen LogP contribution is -2.21. The molecule has 4 heteroatoms. The maximum atomic E-state index is 6.54. The standard InChI is InChI=1S/C17H16ClNO2/c18-11-7-10-5-6-20-17(10)13(8-11)16(19)14-9-21-15-4-2-1-3-12(14)15/h1-4,7-8,14,16H,5-6,9,19H2. The number of fused-ring (bicyclic) bond motifs is 2. The molecule has 3 nitrogen and oxygen atoms in total. The van der Waals surface area contributed by atoms with E-state index in [0.717, 1.165) is 39.6 Å². The molecule has 2 aromatic carbocycles. The van der Waals surface area contributed by atoms with E-state index in [1.165, 1.54) is 0 Å². The van der Waals surface area contributed by atoms with Crippen LogP contribution in [-0.4, -0.2) is 13.2 Å². The van der Waals surface area contributed by atoms with Crippen LogP contribution >= 0.6 is 11.6 Å². The summed E-state index contributed by atoms with van der Waals surface area (Å²) in [5.74, 6) is 1.97. The number of benzene rings is 2. The van der Waals surface area contributed by atoms with Gasteiger partial charge in [-0.1, -0.05) is 29.8 Å². The van der Waals surface area contributed by atoms with Gasteiger partial charge < -0.3 is 15.2 Å². The van der Waals surface area contributed by atoms with Crippen molar-refractivity contribution in [3.8, 4) is 11.5 Å². The first-order chi connectivity index (χ1) is 10.2. The third-order valence-corrected chi connectivity index (χ3v) is 4.52. The monoisotopic (exact) mass is 301 g/mol. The first-order valence-electron chi connectivity index (χ1n) is 7.16. The number of ether oxygens (including phenoxy) is 2. The van der Waals surface area contributed by atoms with Crippen molar-refractivity contribution in [2.45, 2.75) is 18.4 Å². The molecule has 0 bridgehead atoms. The molecular weight excluding hydrogens is 286 g/mol. The predicted molar refractivity (Wildman–Crippen MR) is 82.3 cm³/mol. The molecule has 2 unspecified atom stereocenters. The van der Waals surface area contributed by atoms with Gasteiger partial charge >= 0.3 is 0 Å². The Morgan fingerprint density at radius 3 is 2.95 bits per heavy atom. The largest absolute Gasteiger partial charge is 0.493 e. The lowest BCUT2D eigenvalue weighted by molar-refractivity contribution is 0.309. The molecule has 2 N–H and O–H groups in total. The van der Waals surface area contributed by atoms with E-state index in [1.807, 2.05) is 30.3 Å². The molecular formula is C17H16ClNO2. The summed E-state index contributed by atoms with van der Waals surface area (Å²) < 4.78 is 11.5. The summed E-state index contributed by atoms with van der Waals surface area (Å²) in [6.45, 7) is 1.30. The van der Waals surface area contributed by atoms with Gasteiger partial charge in [0.05, 0.1) is 13.2 Å². The highest BCUT2D eigenvalue weighted by Gasteiger charge is 2.33. The number of halogens is 1. The van der Waals surface area contributed by atoms with Crippen LogP contribution in [-0.2, 0) is 6.42 Å². The smallest absolute Gasteiger partial charge is 0.127 e. The van der Waals surface area contributed by atoms with Gasteiger partial charge in [0.1, 0.15) is 11.5 Å². The van der Waals surface area contributed by atoms with Crippen molar-refractivity contribution in [3.63, 3.8) is 0 Å². The zero-order valence-electron chi connectivity index (χ0n) is 11.5. The Balaban J connectivity index is 1.75. The fraction of sp³-hybridized carbons (Fsp3) is 0.294. The van der Waals surface area contributed by atoms with Crippen molar-refractivity contribution in [2.75, 3.05) is 13.2 Å². The lowest BCUT2D eigenvalue weighted by atomic mass is 9.88. The molecule has 2 aliphatic heterocycles. The van der Waals surface area contributed by atoms with Gasteiger partial charge in [-0.3, -0.25) is 0 Å². The Morgan fingerprint density at radius 2 is 2.05 bits per heavy atom. The van der Waals surface area contributed by atoms with Crippen LogP contribution in [0.5, 0.6) is 11.5 Å². The van der Waals surface area contributed by atoms with Crippen molar-refractivity contribution < 1.29 is 9.47 Å². The molecule has 2 atom stereocenters. The number of nitrogens with two attached hydrogens (primary N) is 1.